The molecule has 2 heteroatoms. The highest BCUT2D eigenvalue weighted by atomic mass is 32.2. The van der Waals surface area contributed by atoms with Crippen LogP contribution in [0.1, 0.15) is 0 Å². The van der Waals surface area contributed by atoms with Crippen LogP contribution < -0.4 is 0 Å². The van der Waals surface area contributed by atoms with Crippen LogP contribution in [0.4, 0.5) is 0 Å². The lowest BCUT2D eigenvalue weighted by Gasteiger charge is -2.09. The summed E-state index contributed by atoms with van der Waals surface area (Å²) in [7, 11) is 0. The Hall–Kier alpha value is -1.38. The molecule has 19 heavy (non-hydrogen) atoms. The number of hydrogen-bond acceptors (Lipinski definition) is 2. The topological polar surface area (TPSA) is 0 Å². The molecule has 0 saturated carbocycles. The van der Waals surface area contributed by atoms with Crippen LogP contribution in [0.15, 0.2) is 81.4 Å². The van der Waals surface area contributed by atoms with Gasteiger partial charge in [0.25, 0.3) is 0 Å². The van der Waals surface area contributed by atoms with Gasteiger partial charge < -0.3 is 0 Å². The third kappa shape index (κ3) is 2.65. The van der Waals surface area contributed by atoms with Crippen molar-refractivity contribution in [3.8, 4) is 0 Å². The van der Waals surface area contributed by atoms with Crippen LogP contribution in [0.3, 0.4) is 0 Å². The van der Waals surface area contributed by atoms with Gasteiger partial charge in [0.2, 0.25) is 0 Å². The van der Waals surface area contributed by atoms with Crippen LogP contribution in [0.5, 0.6) is 0 Å². The minimum Gasteiger partial charge on any atom is -0.129 e. The smallest absolute Gasteiger partial charge is 0.0212 e. The monoisotopic (exact) mass is 282 g/mol. The molecule has 3 aromatic rings. The van der Waals surface area contributed by atoms with Crippen LogP contribution in [0.25, 0.3) is 10.8 Å². The van der Waals surface area contributed by atoms with Crippen LogP contribution in [0.2, 0.25) is 0 Å². The molecule has 0 amide bonds. The molecule has 0 nitrogen and oxygen atoms in total. The predicted octanol–water partition coefficient (Wildman–Crippen LogP) is 5.71. The van der Waals surface area contributed by atoms with Crippen molar-refractivity contribution in [3.63, 3.8) is 0 Å². The first kappa shape index (κ1) is 12.6. The number of fused-ring (bicyclic) bond motifs is 1. The van der Waals surface area contributed by atoms with Gasteiger partial charge in [0.15, 0.2) is 0 Å². The Morgan fingerprint density at radius 1 is 0.684 bits per heavy atom. The Morgan fingerprint density at radius 2 is 1.37 bits per heavy atom. The average molecular weight is 282 g/mol. The first-order valence-corrected chi connectivity index (χ1v) is 8.21. The van der Waals surface area contributed by atoms with Gasteiger partial charge in [0, 0.05) is 20.1 Å². The van der Waals surface area contributed by atoms with Crippen molar-refractivity contribution in [2.45, 2.75) is 14.7 Å². The second-order valence-electron chi connectivity index (χ2n) is 4.23. The lowest BCUT2D eigenvalue weighted by Crippen LogP contribution is -1.81. The third-order valence-corrected chi connectivity index (χ3v) is 4.87. The molecule has 0 N–H and O–H groups in total. The lowest BCUT2D eigenvalue weighted by atomic mass is 10.1. The summed E-state index contributed by atoms with van der Waals surface area (Å²) in [6, 6.07) is 23.6. The second kappa shape index (κ2) is 5.72. The van der Waals surface area contributed by atoms with E-state index >= 15 is 0 Å². The van der Waals surface area contributed by atoms with E-state index in [1.165, 1.54) is 25.5 Å². The van der Waals surface area contributed by atoms with Crippen molar-refractivity contribution in [2.75, 3.05) is 6.26 Å². The molecule has 0 atom stereocenters. The van der Waals surface area contributed by atoms with E-state index in [9.17, 15) is 0 Å². The first-order valence-electron chi connectivity index (χ1n) is 6.17. The van der Waals surface area contributed by atoms with Crippen molar-refractivity contribution >= 4 is 34.3 Å². The SMILES string of the molecule is CSc1cccc2cccc(Sc3ccccc3)c12. The molecule has 3 aromatic carbocycles. The minimum atomic E-state index is 1.28. The van der Waals surface area contributed by atoms with E-state index in [-0.39, 0.29) is 0 Å². The number of benzene rings is 3. The van der Waals surface area contributed by atoms with E-state index < -0.39 is 0 Å². The molecule has 0 aliphatic heterocycles. The quantitative estimate of drug-likeness (QED) is 0.564. The summed E-state index contributed by atoms with van der Waals surface area (Å²) in [4.78, 5) is 3.95. The fraction of sp³-hybridized carbons (Fsp3) is 0.0588. The molecule has 0 aliphatic carbocycles. The standard InChI is InChI=1S/C17H14S2/c1-18-15-11-5-7-13-8-6-12-16(17(13)15)19-14-9-3-2-4-10-14/h2-12H,1H3. The Bertz CT molecular complexity index is 685. The number of hydrogen-bond donors (Lipinski definition) is 0. The molecule has 3 rings (SSSR count). The molecule has 0 bridgehead atoms. The van der Waals surface area contributed by atoms with Crippen molar-refractivity contribution in [3.05, 3.63) is 66.7 Å². The highest BCUT2D eigenvalue weighted by molar-refractivity contribution is 8.00. The maximum atomic E-state index is 2.21. The van der Waals surface area contributed by atoms with Gasteiger partial charge in [-0.15, -0.1) is 11.8 Å². The van der Waals surface area contributed by atoms with E-state index in [0.717, 1.165) is 0 Å². The molecule has 0 unspecified atom stereocenters. The molecule has 0 saturated heterocycles. The normalized spacial score (nSPS) is 10.8. The summed E-state index contributed by atoms with van der Waals surface area (Å²) in [5.41, 5.74) is 0. The van der Waals surface area contributed by atoms with Crippen LogP contribution >= 0.6 is 23.5 Å². The molecular formula is C17H14S2. The fourth-order valence-electron chi connectivity index (χ4n) is 2.14. The van der Waals surface area contributed by atoms with E-state index in [1.54, 1.807) is 0 Å². The summed E-state index contributed by atoms with van der Waals surface area (Å²) in [5.74, 6) is 0. The Morgan fingerprint density at radius 3 is 2.05 bits per heavy atom. The zero-order valence-corrected chi connectivity index (χ0v) is 12.3. The van der Waals surface area contributed by atoms with Crippen molar-refractivity contribution < 1.29 is 0 Å². The van der Waals surface area contributed by atoms with Gasteiger partial charge in [0.1, 0.15) is 0 Å². The van der Waals surface area contributed by atoms with Crippen molar-refractivity contribution in [1.82, 2.24) is 0 Å². The molecule has 0 radical (unpaired) electrons. The average Bonchev–Trinajstić information content (AvgIpc) is 2.48. The molecule has 0 fully saturated rings. The van der Waals surface area contributed by atoms with E-state index in [4.69, 9.17) is 0 Å². The Balaban J connectivity index is 2.13. The van der Waals surface area contributed by atoms with Gasteiger partial charge in [-0.2, -0.15) is 0 Å². The predicted molar refractivity (Wildman–Crippen MR) is 86.3 cm³/mol. The van der Waals surface area contributed by atoms with Crippen molar-refractivity contribution in [1.29, 1.82) is 0 Å². The van der Waals surface area contributed by atoms with Gasteiger partial charge in [-0.1, -0.05) is 54.2 Å². The highest BCUT2D eigenvalue weighted by Crippen LogP contribution is 2.37. The van der Waals surface area contributed by atoms with Crippen LogP contribution in [-0.4, -0.2) is 6.26 Å². The van der Waals surface area contributed by atoms with E-state index in [1.807, 2.05) is 23.5 Å². The zero-order valence-electron chi connectivity index (χ0n) is 10.7. The minimum absolute atomic E-state index is 1.28. The summed E-state index contributed by atoms with van der Waals surface area (Å²) in [5, 5.41) is 2.68. The van der Waals surface area contributed by atoms with Gasteiger partial charge in [-0.05, 0) is 35.9 Å². The summed E-state index contributed by atoms with van der Waals surface area (Å²) in [6.07, 6.45) is 2.14. The van der Waals surface area contributed by atoms with E-state index in [2.05, 4.69) is 73.0 Å². The van der Waals surface area contributed by atoms with Gasteiger partial charge in [0.05, 0.1) is 0 Å². The lowest BCUT2D eigenvalue weighted by molar-refractivity contribution is 1.41. The van der Waals surface area contributed by atoms with Crippen LogP contribution in [0, 0.1) is 0 Å². The van der Waals surface area contributed by atoms with Crippen molar-refractivity contribution in [2.24, 2.45) is 0 Å². The van der Waals surface area contributed by atoms with Crippen LogP contribution in [-0.2, 0) is 0 Å². The fourth-order valence-corrected chi connectivity index (χ4v) is 3.88. The molecular weight excluding hydrogens is 268 g/mol. The van der Waals surface area contributed by atoms with Gasteiger partial charge in [-0.25, -0.2) is 0 Å². The van der Waals surface area contributed by atoms with Gasteiger partial charge in [-0.3, -0.25) is 0 Å². The third-order valence-electron chi connectivity index (χ3n) is 3.02. The molecule has 0 aromatic heterocycles. The maximum absolute atomic E-state index is 2.21. The summed E-state index contributed by atoms with van der Waals surface area (Å²) >= 11 is 3.64. The Labute approximate surface area is 122 Å². The van der Waals surface area contributed by atoms with E-state index in [0.29, 0.717) is 0 Å². The second-order valence-corrected chi connectivity index (χ2v) is 6.19. The highest BCUT2D eigenvalue weighted by Gasteiger charge is 2.06. The van der Waals surface area contributed by atoms with Gasteiger partial charge >= 0.3 is 0 Å². The zero-order chi connectivity index (χ0) is 13.1. The summed E-state index contributed by atoms with van der Waals surface area (Å²) < 4.78 is 0. The molecule has 94 valence electrons. The molecule has 0 heterocycles. The summed E-state index contributed by atoms with van der Waals surface area (Å²) in [6.45, 7) is 0. The number of rotatable bonds is 3. The maximum Gasteiger partial charge on any atom is 0.0212 e. The number of thioether (sulfide) groups is 1. The largest absolute Gasteiger partial charge is 0.129 e. The Kier molecular flexibility index (Phi) is 3.81. The molecule has 0 aliphatic rings. The first-order chi connectivity index (χ1) is 9.38. The molecule has 0 spiro atoms.